The van der Waals surface area contributed by atoms with Gasteiger partial charge in [0.2, 0.25) is 5.91 Å². The first-order valence-corrected chi connectivity index (χ1v) is 3.97. The Morgan fingerprint density at radius 2 is 2.15 bits per heavy atom. The van der Waals surface area contributed by atoms with Crippen molar-refractivity contribution in [3.05, 3.63) is 29.3 Å². The van der Waals surface area contributed by atoms with Crippen molar-refractivity contribution in [2.24, 2.45) is 0 Å². The molecule has 0 aromatic heterocycles. The highest BCUT2D eigenvalue weighted by molar-refractivity contribution is 5.90. The quantitative estimate of drug-likeness (QED) is 0.700. The minimum Gasteiger partial charge on any atom is -0.326 e. The normalized spacial score (nSPS) is 9.38. The lowest BCUT2D eigenvalue weighted by Gasteiger charge is -2.04. The largest absolute Gasteiger partial charge is 0.326 e. The first kappa shape index (κ1) is 9.45. The topological polar surface area (TPSA) is 46.2 Å². The summed E-state index contributed by atoms with van der Waals surface area (Å²) in [4.78, 5) is 21.3. The van der Waals surface area contributed by atoms with Gasteiger partial charge in [-0.05, 0) is 24.6 Å². The van der Waals surface area contributed by atoms with Gasteiger partial charge in [-0.1, -0.05) is 6.07 Å². The molecule has 68 valence electrons. The van der Waals surface area contributed by atoms with Gasteiger partial charge < -0.3 is 5.32 Å². The molecule has 0 saturated heterocycles. The molecule has 0 aliphatic rings. The molecule has 0 unspecified atom stereocenters. The molecule has 13 heavy (non-hydrogen) atoms. The lowest BCUT2D eigenvalue weighted by molar-refractivity contribution is -0.114. The standard InChI is InChI=1S/C10H11NO2/c1-7-3-4-10(11-8(2)13)5-9(7)6-12/h3-6H,1-2H3,(H,11,13). The molecular formula is C10H11NO2. The Morgan fingerprint density at radius 3 is 2.69 bits per heavy atom. The van der Waals surface area contributed by atoms with E-state index in [0.29, 0.717) is 11.3 Å². The van der Waals surface area contributed by atoms with Crippen LogP contribution < -0.4 is 5.32 Å². The van der Waals surface area contributed by atoms with Gasteiger partial charge >= 0.3 is 0 Å². The summed E-state index contributed by atoms with van der Waals surface area (Å²) < 4.78 is 0. The van der Waals surface area contributed by atoms with E-state index in [2.05, 4.69) is 5.32 Å². The van der Waals surface area contributed by atoms with Crippen LogP contribution in [0.5, 0.6) is 0 Å². The van der Waals surface area contributed by atoms with Crippen LogP contribution in [-0.2, 0) is 4.79 Å². The molecule has 1 aromatic carbocycles. The molecule has 3 nitrogen and oxygen atoms in total. The van der Waals surface area contributed by atoms with Crippen LogP contribution in [0.4, 0.5) is 5.69 Å². The number of carbonyl (C=O) groups is 2. The Bertz CT molecular complexity index is 345. The van der Waals surface area contributed by atoms with E-state index >= 15 is 0 Å². The van der Waals surface area contributed by atoms with Crippen LogP contribution >= 0.6 is 0 Å². The maximum atomic E-state index is 10.7. The lowest BCUT2D eigenvalue weighted by Crippen LogP contribution is -2.06. The summed E-state index contributed by atoms with van der Waals surface area (Å²) in [6.07, 6.45) is 0.778. The molecule has 3 heteroatoms. The van der Waals surface area contributed by atoms with Gasteiger partial charge in [0.05, 0.1) is 0 Å². The maximum absolute atomic E-state index is 10.7. The van der Waals surface area contributed by atoms with Crippen molar-refractivity contribution < 1.29 is 9.59 Å². The molecule has 0 radical (unpaired) electrons. The average molecular weight is 177 g/mol. The zero-order valence-electron chi connectivity index (χ0n) is 7.63. The Morgan fingerprint density at radius 1 is 1.46 bits per heavy atom. The molecule has 1 aromatic rings. The summed E-state index contributed by atoms with van der Waals surface area (Å²) in [5, 5.41) is 2.61. The number of aldehydes is 1. The van der Waals surface area contributed by atoms with E-state index in [-0.39, 0.29) is 5.91 Å². The highest BCUT2D eigenvalue weighted by Gasteiger charge is 1.99. The second-order valence-corrected chi connectivity index (χ2v) is 2.87. The fraction of sp³-hybridized carbons (Fsp3) is 0.200. The molecule has 0 heterocycles. The van der Waals surface area contributed by atoms with Gasteiger partial charge in [-0.2, -0.15) is 0 Å². The van der Waals surface area contributed by atoms with Gasteiger partial charge in [-0.15, -0.1) is 0 Å². The molecule has 0 aliphatic heterocycles. The SMILES string of the molecule is CC(=O)Nc1ccc(C)c(C=O)c1. The monoisotopic (exact) mass is 177 g/mol. The zero-order chi connectivity index (χ0) is 9.84. The summed E-state index contributed by atoms with van der Waals surface area (Å²) in [6.45, 7) is 3.28. The number of hydrogen-bond donors (Lipinski definition) is 1. The van der Waals surface area contributed by atoms with Crippen molar-refractivity contribution in [1.29, 1.82) is 0 Å². The number of anilines is 1. The number of benzene rings is 1. The Kier molecular flexibility index (Phi) is 2.80. The molecular weight excluding hydrogens is 166 g/mol. The third-order valence-corrected chi connectivity index (χ3v) is 1.73. The van der Waals surface area contributed by atoms with Crippen molar-refractivity contribution in [2.45, 2.75) is 13.8 Å². The van der Waals surface area contributed by atoms with Crippen molar-refractivity contribution in [3.63, 3.8) is 0 Å². The van der Waals surface area contributed by atoms with E-state index < -0.39 is 0 Å². The first-order valence-electron chi connectivity index (χ1n) is 3.97. The number of amides is 1. The predicted octanol–water partition coefficient (Wildman–Crippen LogP) is 1.77. The van der Waals surface area contributed by atoms with E-state index in [9.17, 15) is 9.59 Å². The van der Waals surface area contributed by atoms with Crippen LogP contribution in [-0.4, -0.2) is 12.2 Å². The summed E-state index contributed by atoms with van der Waals surface area (Å²) in [6, 6.07) is 5.22. The minimum absolute atomic E-state index is 0.138. The number of hydrogen-bond acceptors (Lipinski definition) is 2. The highest BCUT2D eigenvalue weighted by Crippen LogP contribution is 2.13. The van der Waals surface area contributed by atoms with E-state index in [0.717, 1.165) is 11.8 Å². The Labute approximate surface area is 76.8 Å². The molecule has 0 fully saturated rings. The van der Waals surface area contributed by atoms with Gasteiger partial charge in [0.15, 0.2) is 0 Å². The molecule has 0 spiro atoms. The van der Waals surface area contributed by atoms with Crippen molar-refractivity contribution in [1.82, 2.24) is 0 Å². The predicted molar refractivity (Wildman–Crippen MR) is 50.9 cm³/mol. The number of rotatable bonds is 2. The van der Waals surface area contributed by atoms with Crippen LogP contribution in [0.25, 0.3) is 0 Å². The van der Waals surface area contributed by atoms with Crippen molar-refractivity contribution >= 4 is 17.9 Å². The van der Waals surface area contributed by atoms with Gasteiger partial charge in [-0.25, -0.2) is 0 Å². The smallest absolute Gasteiger partial charge is 0.221 e. The van der Waals surface area contributed by atoms with Gasteiger partial charge in [0.25, 0.3) is 0 Å². The van der Waals surface area contributed by atoms with Crippen LogP contribution in [0.15, 0.2) is 18.2 Å². The molecule has 1 rings (SSSR count). The molecule has 0 aliphatic carbocycles. The maximum Gasteiger partial charge on any atom is 0.221 e. The Balaban J connectivity index is 2.99. The summed E-state index contributed by atoms with van der Waals surface area (Å²) in [7, 11) is 0. The number of nitrogens with one attached hydrogen (secondary N) is 1. The summed E-state index contributed by atoms with van der Waals surface area (Å²) in [5.41, 5.74) is 2.16. The van der Waals surface area contributed by atoms with Gasteiger partial charge in [0, 0.05) is 18.2 Å². The summed E-state index contributed by atoms with van der Waals surface area (Å²) >= 11 is 0. The van der Waals surface area contributed by atoms with Gasteiger partial charge in [-0.3, -0.25) is 9.59 Å². The average Bonchev–Trinajstić information content (AvgIpc) is 2.07. The molecule has 1 amide bonds. The highest BCUT2D eigenvalue weighted by atomic mass is 16.1. The fourth-order valence-electron chi connectivity index (χ4n) is 1.05. The summed E-state index contributed by atoms with van der Waals surface area (Å²) in [5.74, 6) is -0.138. The molecule has 0 bridgehead atoms. The lowest BCUT2D eigenvalue weighted by atomic mass is 10.1. The van der Waals surface area contributed by atoms with E-state index in [1.54, 1.807) is 18.2 Å². The minimum atomic E-state index is -0.138. The Hall–Kier alpha value is -1.64. The van der Waals surface area contributed by atoms with Crippen LogP contribution in [0, 0.1) is 6.92 Å². The third-order valence-electron chi connectivity index (χ3n) is 1.73. The number of carbonyl (C=O) groups excluding carboxylic acids is 2. The van der Waals surface area contributed by atoms with E-state index in [1.165, 1.54) is 6.92 Å². The third kappa shape index (κ3) is 2.40. The van der Waals surface area contributed by atoms with Crippen molar-refractivity contribution in [3.8, 4) is 0 Å². The molecule has 1 N–H and O–H groups in total. The van der Waals surface area contributed by atoms with E-state index in [1.807, 2.05) is 6.92 Å². The molecule has 0 atom stereocenters. The molecule has 0 saturated carbocycles. The number of aryl methyl sites for hydroxylation is 1. The second-order valence-electron chi connectivity index (χ2n) is 2.87. The van der Waals surface area contributed by atoms with Gasteiger partial charge in [0.1, 0.15) is 6.29 Å². The van der Waals surface area contributed by atoms with Crippen LogP contribution in [0.1, 0.15) is 22.8 Å². The second kappa shape index (κ2) is 3.85. The van der Waals surface area contributed by atoms with E-state index in [4.69, 9.17) is 0 Å². The fourth-order valence-corrected chi connectivity index (χ4v) is 1.05. The van der Waals surface area contributed by atoms with Crippen molar-refractivity contribution in [2.75, 3.05) is 5.32 Å². The zero-order valence-corrected chi connectivity index (χ0v) is 7.63. The van der Waals surface area contributed by atoms with Crippen LogP contribution in [0.2, 0.25) is 0 Å². The first-order chi connectivity index (χ1) is 6.13. The van der Waals surface area contributed by atoms with Crippen LogP contribution in [0.3, 0.4) is 0 Å².